The molecule has 0 N–H and O–H groups in total. The minimum Gasteiger partial charge on any atom is -0.455 e. The normalized spacial score (nSPS) is 12.1. The second kappa shape index (κ2) is 13.2. The second-order valence-corrected chi connectivity index (χ2v) is 17.4. The van der Waals surface area contributed by atoms with E-state index in [9.17, 15) is 0 Å². The van der Waals surface area contributed by atoms with E-state index in [0.717, 1.165) is 71.5 Å². The maximum atomic E-state index is 6.96. The number of aromatic nitrogens is 4. The molecule has 0 aliphatic heterocycles. The van der Waals surface area contributed by atoms with Gasteiger partial charge in [0.25, 0.3) is 0 Å². The Hall–Kier alpha value is -8.19. The largest absolute Gasteiger partial charge is 0.455 e. The Morgan fingerprint density at radius 3 is 1.68 bits per heavy atom. The molecule has 4 heterocycles. The van der Waals surface area contributed by atoms with E-state index in [1.165, 1.54) is 47.1 Å². The van der Waals surface area contributed by atoms with Gasteiger partial charge in [-0.3, -0.25) is 0 Å². The first-order chi connectivity index (χ1) is 31.2. The predicted molar refractivity (Wildman–Crippen MR) is 263 cm³/mol. The van der Waals surface area contributed by atoms with E-state index in [1.807, 2.05) is 24.3 Å². The molecular formula is C57H32N4OS. The average Bonchev–Trinajstić information content (AvgIpc) is 4.02. The first-order valence-electron chi connectivity index (χ1n) is 21.2. The van der Waals surface area contributed by atoms with E-state index in [-0.39, 0.29) is 0 Å². The van der Waals surface area contributed by atoms with Crippen molar-refractivity contribution >= 4 is 108 Å². The third-order valence-corrected chi connectivity index (χ3v) is 13.9. The number of para-hydroxylation sites is 1. The molecule has 10 aromatic carbocycles. The summed E-state index contributed by atoms with van der Waals surface area (Å²) in [5.74, 6) is 1.82. The summed E-state index contributed by atoms with van der Waals surface area (Å²) in [5.41, 5.74) is 7.60. The van der Waals surface area contributed by atoms with Crippen LogP contribution in [0.2, 0.25) is 0 Å². The maximum Gasteiger partial charge on any atom is 0.166 e. The van der Waals surface area contributed by atoms with E-state index in [4.69, 9.17) is 19.4 Å². The molecule has 0 saturated carbocycles. The van der Waals surface area contributed by atoms with Crippen LogP contribution in [0.4, 0.5) is 0 Å². The fraction of sp³-hybridized carbons (Fsp3) is 0. The van der Waals surface area contributed by atoms with Crippen LogP contribution in [0.3, 0.4) is 0 Å². The van der Waals surface area contributed by atoms with E-state index in [2.05, 4.69) is 174 Å². The molecule has 0 saturated heterocycles. The maximum absolute atomic E-state index is 6.96. The molecule has 0 unspecified atom stereocenters. The molecule has 6 heteroatoms. The van der Waals surface area contributed by atoms with Gasteiger partial charge in [-0.2, -0.15) is 0 Å². The predicted octanol–water partition coefficient (Wildman–Crippen LogP) is 15.7. The van der Waals surface area contributed by atoms with Gasteiger partial charge < -0.3 is 8.98 Å². The number of thiophene rings is 1. The van der Waals surface area contributed by atoms with Crippen LogP contribution in [0.1, 0.15) is 0 Å². The van der Waals surface area contributed by atoms with E-state index < -0.39 is 0 Å². The van der Waals surface area contributed by atoms with Crippen LogP contribution in [0, 0.1) is 0 Å². The van der Waals surface area contributed by atoms with E-state index in [1.54, 1.807) is 11.3 Å². The molecule has 292 valence electrons. The first-order valence-corrected chi connectivity index (χ1v) is 22.0. The van der Waals surface area contributed by atoms with Crippen LogP contribution in [-0.2, 0) is 0 Å². The summed E-state index contributed by atoms with van der Waals surface area (Å²) >= 11 is 1.80. The zero-order valence-corrected chi connectivity index (χ0v) is 34.4. The topological polar surface area (TPSA) is 56.7 Å². The van der Waals surface area contributed by atoms with Crippen molar-refractivity contribution in [2.75, 3.05) is 0 Å². The number of hydrogen-bond donors (Lipinski definition) is 0. The summed E-state index contributed by atoms with van der Waals surface area (Å²) in [7, 11) is 0. The molecule has 0 radical (unpaired) electrons. The Morgan fingerprint density at radius 2 is 0.952 bits per heavy atom. The lowest BCUT2D eigenvalue weighted by atomic mass is 9.96. The van der Waals surface area contributed by atoms with Crippen molar-refractivity contribution in [1.82, 2.24) is 19.5 Å². The molecule has 14 aromatic rings. The molecule has 0 amide bonds. The highest BCUT2D eigenvalue weighted by atomic mass is 32.1. The molecule has 0 fully saturated rings. The fourth-order valence-electron chi connectivity index (χ4n) is 9.99. The van der Waals surface area contributed by atoms with Gasteiger partial charge in [-0.25, -0.2) is 15.0 Å². The Bertz CT molecular complexity index is 4130. The van der Waals surface area contributed by atoms with Crippen LogP contribution >= 0.6 is 11.3 Å². The van der Waals surface area contributed by atoms with Crippen LogP contribution in [0.25, 0.3) is 136 Å². The number of rotatable bonds is 4. The fourth-order valence-corrected chi connectivity index (χ4v) is 11.1. The minimum absolute atomic E-state index is 0.588. The third kappa shape index (κ3) is 5.07. The number of fused-ring (bicyclic) bond motifs is 13. The highest BCUT2D eigenvalue weighted by Crippen LogP contribution is 2.49. The van der Waals surface area contributed by atoms with Crippen LogP contribution in [0.5, 0.6) is 0 Å². The summed E-state index contributed by atoms with van der Waals surface area (Å²) in [6.07, 6.45) is 0. The summed E-state index contributed by atoms with van der Waals surface area (Å²) in [4.78, 5) is 16.5. The Morgan fingerprint density at radius 1 is 0.397 bits per heavy atom. The minimum atomic E-state index is 0.588. The quantitative estimate of drug-likeness (QED) is 0.177. The lowest BCUT2D eigenvalue weighted by Crippen LogP contribution is -2.05. The number of benzene rings is 10. The van der Waals surface area contributed by atoms with Crippen molar-refractivity contribution in [3.63, 3.8) is 0 Å². The van der Waals surface area contributed by atoms with E-state index in [0.29, 0.717) is 17.5 Å². The van der Waals surface area contributed by atoms with Crippen LogP contribution in [0.15, 0.2) is 199 Å². The first kappa shape index (κ1) is 34.5. The molecule has 5 nitrogen and oxygen atoms in total. The van der Waals surface area contributed by atoms with Gasteiger partial charge in [0, 0.05) is 52.8 Å². The van der Waals surface area contributed by atoms with Crippen molar-refractivity contribution < 1.29 is 4.42 Å². The highest BCUT2D eigenvalue weighted by molar-refractivity contribution is 7.25. The summed E-state index contributed by atoms with van der Waals surface area (Å²) in [5, 5.41) is 13.4. The van der Waals surface area contributed by atoms with Gasteiger partial charge in [-0.1, -0.05) is 152 Å². The Kier molecular flexibility index (Phi) is 7.21. The Labute approximate surface area is 363 Å². The SMILES string of the molecule is c1ccc(-c2nc(-c3c(-n4c5cc6ccccc6cc5c5cc6ccccc6cc54)c4c5ccccc5oc4c4ccccc34)nc(-c3cccc4sc5ccccc5c34)n2)cc1. The van der Waals surface area contributed by atoms with Crippen LogP contribution < -0.4 is 0 Å². The molecule has 14 rings (SSSR count). The average molecular weight is 821 g/mol. The number of furan rings is 1. The van der Waals surface area contributed by atoms with Crippen molar-refractivity contribution in [2.24, 2.45) is 0 Å². The lowest BCUT2D eigenvalue weighted by Gasteiger charge is -2.19. The number of nitrogens with zero attached hydrogens (tertiary/aromatic N) is 4. The monoisotopic (exact) mass is 820 g/mol. The molecule has 4 aromatic heterocycles. The molecule has 0 aliphatic carbocycles. The highest BCUT2D eigenvalue weighted by Gasteiger charge is 2.28. The molecular weight excluding hydrogens is 789 g/mol. The summed E-state index contributed by atoms with van der Waals surface area (Å²) in [6.45, 7) is 0. The molecule has 0 spiro atoms. The molecule has 0 bridgehead atoms. The van der Waals surface area contributed by atoms with Gasteiger partial charge in [-0.05, 0) is 69.4 Å². The van der Waals surface area contributed by atoms with Gasteiger partial charge in [0.1, 0.15) is 11.2 Å². The smallest absolute Gasteiger partial charge is 0.166 e. The summed E-state index contributed by atoms with van der Waals surface area (Å²) in [6, 6.07) is 69.0. The summed E-state index contributed by atoms with van der Waals surface area (Å²) < 4.78 is 11.9. The second-order valence-electron chi connectivity index (χ2n) is 16.3. The standard InChI is InChI=1S/C57H32N4OS/c1-2-15-33(16-3-1)55-58-56(42-25-14-28-49-50(42)41-24-11-13-27-48(41)63-49)60-57(59-55)52-38-21-8-9-22-39(38)54-51(40-23-10-12-26-47(40)62-54)53(52)61-45-31-36-19-6-4-17-34(36)29-43(45)44-30-35-18-5-7-20-37(35)32-46(44)61/h1-32H. The van der Waals surface area contributed by atoms with Crippen molar-refractivity contribution in [3.8, 4) is 39.9 Å². The molecule has 0 aliphatic rings. The molecule has 0 atom stereocenters. The van der Waals surface area contributed by atoms with Gasteiger partial charge in [0.05, 0.1) is 27.7 Å². The lowest BCUT2D eigenvalue weighted by molar-refractivity contribution is 0.672. The zero-order chi connectivity index (χ0) is 41.2. The van der Waals surface area contributed by atoms with Gasteiger partial charge in [0.2, 0.25) is 0 Å². The Balaban J connectivity index is 1.21. The van der Waals surface area contributed by atoms with Crippen LogP contribution in [-0.4, -0.2) is 19.5 Å². The van der Waals surface area contributed by atoms with Crippen molar-refractivity contribution in [2.45, 2.75) is 0 Å². The van der Waals surface area contributed by atoms with E-state index >= 15 is 0 Å². The van der Waals surface area contributed by atoms with Crippen molar-refractivity contribution in [1.29, 1.82) is 0 Å². The van der Waals surface area contributed by atoms with Gasteiger partial charge in [0.15, 0.2) is 17.5 Å². The number of hydrogen-bond acceptors (Lipinski definition) is 5. The zero-order valence-electron chi connectivity index (χ0n) is 33.6. The molecule has 63 heavy (non-hydrogen) atoms. The van der Waals surface area contributed by atoms with Gasteiger partial charge in [-0.15, -0.1) is 11.3 Å². The van der Waals surface area contributed by atoms with Gasteiger partial charge >= 0.3 is 0 Å². The third-order valence-electron chi connectivity index (χ3n) is 12.8. The van der Waals surface area contributed by atoms with Crippen molar-refractivity contribution in [3.05, 3.63) is 194 Å².